The van der Waals surface area contributed by atoms with Crippen LogP contribution in [0.3, 0.4) is 0 Å². The van der Waals surface area contributed by atoms with Gasteiger partial charge in [-0.15, -0.1) is 0 Å². The molecule has 2 aromatic carbocycles. The van der Waals surface area contributed by atoms with E-state index in [0.29, 0.717) is 18.7 Å². The van der Waals surface area contributed by atoms with Crippen LogP contribution in [0.15, 0.2) is 53.4 Å². The summed E-state index contributed by atoms with van der Waals surface area (Å²) in [5.41, 5.74) is 8.09. The Labute approximate surface area is 177 Å². The van der Waals surface area contributed by atoms with E-state index in [1.54, 1.807) is 41.3 Å². The Morgan fingerprint density at radius 2 is 1.67 bits per heavy atom. The first-order valence-electron chi connectivity index (χ1n) is 10.1. The number of sulfonamides is 1. The molecule has 2 aromatic rings. The molecule has 0 bridgehead atoms. The topological polar surface area (TPSA) is 118 Å². The molecular formula is C22H29N4O3S+. The highest BCUT2D eigenvalue weighted by atomic mass is 32.2. The van der Waals surface area contributed by atoms with Crippen LogP contribution in [0.5, 0.6) is 0 Å². The number of nitrogens with two attached hydrogens (primary N) is 2. The van der Waals surface area contributed by atoms with Crippen LogP contribution in [0.2, 0.25) is 0 Å². The number of aryl methyl sites for hydroxylation is 1. The normalized spacial score (nSPS) is 15.6. The molecule has 1 atom stereocenters. The van der Waals surface area contributed by atoms with Gasteiger partial charge < -0.3 is 4.90 Å². The van der Waals surface area contributed by atoms with Gasteiger partial charge in [-0.3, -0.25) is 15.9 Å². The molecule has 160 valence electrons. The predicted octanol–water partition coefficient (Wildman–Crippen LogP) is 0.362. The lowest BCUT2D eigenvalue weighted by molar-refractivity contribution is -0.133. The Morgan fingerprint density at radius 3 is 2.23 bits per heavy atom. The minimum absolute atomic E-state index is 0.144. The average molecular weight is 430 g/mol. The number of carbonyl (C=O) groups excluding carboxylic acids is 1. The van der Waals surface area contributed by atoms with E-state index >= 15 is 0 Å². The second kappa shape index (κ2) is 9.40. The molecule has 8 heteroatoms. The summed E-state index contributed by atoms with van der Waals surface area (Å²) in [7, 11) is -3.84. The fraction of sp³-hybridized carbons (Fsp3) is 0.364. The molecule has 3 rings (SSSR count). The lowest BCUT2D eigenvalue weighted by Crippen LogP contribution is -2.51. The molecule has 0 spiro atoms. The Kier molecular flexibility index (Phi) is 6.89. The maximum absolute atomic E-state index is 13.2. The first-order valence-corrected chi connectivity index (χ1v) is 11.6. The van der Waals surface area contributed by atoms with Crippen molar-refractivity contribution >= 4 is 21.8 Å². The summed E-state index contributed by atoms with van der Waals surface area (Å²) >= 11 is 0. The van der Waals surface area contributed by atoms with Crippen molar-refractivity contribution in [1.82, 2.24) is 9.62 Å². The number of amides is 1. The quantitative estimate of drug-likeness (QED) is 0.435. The molecule has 0 aliphatic carbocycles. The van der Waals surface area contributed by atoms with Crippen molar-refractivity contribution in [2.24, 2.45) is 5.73 Å². The van der Waals surface area contributed by atoms with Gasteiger partial charge in [-0.05, 0) is 62.4 Å². The van der Waals surface area contributed by atoms with Crippen LogP contribution in [-0.2, 0) is 21.2 Å². The molecule has 1 fully saturated rings. The summed E-state index contributed by atoms with van der Waals surface area (Å²) in [4.78, 5) is 15.1. The highest BCUT2D eigenvalue weighted by Crippen LogP contribution is 2.16. The highest BCUT2D eigenvalue weighted by molar-refractivity contribution is 7.89. The van der Waals surface area contributed by atoms with Crippen molar-refractivity contribution in [3.05, 3.63) is 65.2 Å². The van der Waals surface area contributed by atoms with E-state index in [1.807, 2.05) is 19.1 Å². The summed E-state index contributed by atoms with van der Waals surface area (Å²) in [5, 5.41) is 5.61. The van der Waals surface area contributed by atoms with Gasteiger partial charge in [-0.2, -0.15) is 4.72 Å². The van der Waals surface area contributed by atoms with E-state index in [-0.39, 0.29) is 23.1 Å². The zero-order valence-electron chi connectivity index (χ0n) is 17.2. The Morgan fingerprint density at radius 1 is 1.07 bits per heavy atom. The number of hydrogen-bond donors (Lipinski definition) is 3. The molecular weight excluding hydrogens is 400 g/mol. The zero-order chi connectivity index (χ0) is 21.7. The number of carbonyl (C=O) groups is 1. The van der Waals surface area contributed by atoms with Crippen molar-refractivity contribution in [2.45, 2.75) is 43.5 Å². The van der Waals surface area contributed by atoms with Crippen LogP contribution in [0.25, 0.3) is 0 Å². The number of hydrogen-bond acceptors (Lipinski definition) is 3. The van der Waals surface area contributed by atoms with Gasteiger partial charge in [0.05, 0.1) is 10.5 Å². The monoisotopic (exact) mass is 429 g/mol. The van der Waals surface area contributed by atoms with Crippen LogP contribution in [0.1, 0.15) is 36.0 Å². The molecule has 30 heavy (non-hydrogen) atoms. The second-order valence-corrected chi connectivity index (χ2v) is 9.44. The van der Waals surface area contributed by atoms with Gasteiger partial charge in [-0.25, -0.2) is 8.42 Å². The van der Waals surface area contributed by atoms with Crippen LogP contribution in [0.4, 0.5) is 0 Å². The minimum atomic E-state index is -3.84. The van der Waals surface area contributed by atoms with Crippen LogP contribution < -0.4 is 15.9 Å². The van der Waals surface area contributed by atoms with E-state index < -0.39 is 16.1 Å². The third-order valence-corrected chi connectivity index (χ3v) is 6.81. The van der Waals surface area contributed by atoms with Gasteiger partial charge in [0, 0.05) is 13.1 Å². The van der Waals surface area contributed by atoms with Gasteiger partial charge in [-0.1, -0.05) is 29.8 Å². The average Bonchev–Trinajstić information content (AvgIpc) is 2.74. The zero-order valence-corrected chi connectivity index (χ0v) is 18.0. The summed E-state index contributed by atoms with van der Waals surface area (Å²) in [5.74, 6) is 0.0157. The van der Waals surface area contributed by atoms with Crippen molar-refractivity contribution in [2.75, 3.05) is 13.1 Å². The molecule has 7 nitrogen and oxygen atoms in total. The Balaban J connectivity index is 1.85. The molecule has 1 heterocycles. The first kappa shape index (κ1) is 22.0. The van der Waals surface area contributed by atoms with Gasteiger partial charge in [0.1, 0.15) is 6.04 Å². The molecule has 1 aliphatic rings. The maximum Gasteiger partial charge on any atom is 0.270 e. The summed E-state index contributed by atoms with van der Waals surface area (Å²) in [6.45, 7) is 3.19. The number of rotatable bonds is 7. The van der Waals surface area contributed by atoms with Crippen molar-refractivity contribution in [1.29, 1.82) is 0 Å². The standard InChI is InChI=1S/C22H28N4O3S/c1-16-5-11-19(12-6-16)30(28,29)25-20(22(27)26-13-3-2-4-14-26)15-17-7-9-18(10-8-17)21(23)24/h5-12,20,25H,2-4,13-15H2,1H3,(H3,23,24)/p+1/t20-/m0/s1. The fourth-order valence-electron chi connectivity index (χ4n) is 3.56. The molecule has 0 aromatic heterocycles. The molecule has 1 amide bonds. The van der Waals surface area contributed by atoms with E-state index in [2.05, 4.69) is 4.72 Å². The molecule has 5 N–H and O–H groups in total. The van der Waals surface area contributed by atoms with Crippen LogP contribution in [-0.4, -0.2) is 44.2 Å². The van der Waals surface area contributed by atoms with Crippen molar-refractivity contribution < 1.29 is 18.6 Å². The predicted molar refractivity (Wildman–Crippen MR) is 116 cm³/mol. The summed E-state index contributed by atoms with van der Waals surface area (Å²) < 4.78 is 28.6. The van der Waals surface area contributed by atoms with Gasteiger partial charge in [0.15, 0.2) is 0 Å². The van der Waals surface area contributed by atoms with Crippen molar-refractivity contribution in [3.63, 3.8) is 0 Å². The van der Waals surface area contributed by atoms with Crippen LogP contribution in [0, 0.1) is 6.92 Å². The van der Waals surface area contributed by atoms with E-state index in [1.165, 1.54) is 0 Å². The number of likely N-dealkylation sites (tertiary alicyclic amines) is 1. The molecule has 1 aliphatic heterocycles. The maximum atomic E-state index is 13.2. The third-order valence-electron chi connectivity index (χ3n) is 5.32. The number of amidine groups is 1. The Bertz CT molecular complexity index is 996. The van der Waals surface area contributed by atoms with E-state index in [9.17, 15) is 13.2 Å². The minimum Gasteiger partial charge on any atom is -0.341 e. The van der Waals surface area contributed by atoms with E-state index in [4.69, 9.17) is 11.1 Å². The summed E-state index contributed by atoms with van der Waals surface area (Å²) in [6, 6.07) is 12.8. The molecule has 0 saturated carbocycles. The smallest absolute Gasteiger partial charge is 0.270 e. The number of nitrogens with one attached hydrogen (secondary N) is 1. The molecule has 0 unspecified atom stereocenters. The van der Waals surface area contributed by atoms with Gasteiger partial charge in [0.2, 0.25) is 15.9 Å². The number of piperidine rings is 1. The van der Waals surface area contributed by atoms with Crippen molar-refractivity contribution in [3.8, 4) is 0 Å². The third kappa shape index (κ3) is 5.46. The van der Waals surface area contributed by atoms with Crippen LogP contribution >= 0.6 is 0 Å². The lowest BCUT2D eigenvalue weighted by atomic mass is 10.0. The SMILES string of the molecule is Cc1ccc(S(=O)(=O)N[C@@H](Cc2ccc(C(N)=[NH2+])cc2)C(=O)N2CCCCC2)cc1. The van der Waals surface area contributed by atoms with Gasteiger partial charge in [0.25, 0.3) is 5.84 Å². The second-order valence-electron chi connectivity index (χ2n) is 7.73. The molecule has 1 saturated heterocycles. The summed E-state index contributed by atoms with van der Waals surface area (Å²) in [6.07, 6.45) is 3.19. The van der Waals surface area contributed by atoms with E-state index in [0.717, 1.165) is 30.4 Å². The number of nitrogens with zero attached hydrogens (tertiary/aromatic N) is 1. The fourth-order valence-corrected chi connectivity index (χ4v) is 4.74. The first-order chi connectivity index (χ1) is 14.3. The van der Waals surface area contributed by atoms with Gasteiger partial charge >= 0.3 is 0 Å². The largest absolute Gasteiger partial charge is 0.341 e. The Hall–Kier alpha value is -2.71. The highest BCUT2D eigenvalue weighted by Gasteiger charge is 2.30. The lowest BCUT2D eigenvalue weighted by Gasteiger charge is -2.30. The number of benzene rings is 2. The molecule has 0 radical (unpaired) electrons.